The summed E-state index contributed by atoms with van der Waals surface area (Å²) in [5.41, 5.74) is 1.26. The van der Waals surface area contributed by atoms with Crippen LogP contribution in [0.3, 0.4) is 0 Å². The largest absolute Gasteiger partial charge is 0.491 e. The minimum absolute atomic E-state index is 0.218. The SMILES string of the molecule is CC(C)c1ccc(OCC(O)CSC#N)cc1. The highest BCUT2D eigenvalue weighted by Crippen LogP contribution is 2.18. The third-order valence-corrected chi connectivity index (χ3v) is 3.01. The highest BCUT2D eigenvalue weighted by Gasteiger charge is 2.05. The van der Waals surface area contributed by atoms with Gasteiger partial charge in [-0.2, -0.15) is 5.26 Å². The molecule has 0 amide bonds. The average Bonchev–Trinajstić information content (AvgIpc) is 2.34. The molecule has 1 rings (SSSR count). The van der Waals surface area contributed by atoms with Crippen LogP contribution < -0.4 is 4.74 Å². The Morgan fingerprint density at radius 3 is 2.53 bits per heavy atom. The molecule has 0 aromatic heterocycles. The lowest BCUT2D eigenvalue weighted by molar-refractivity contribution is 0.126. The number of aliphatic hydroxyl groups is 1. The first kappa shape index (κ1) is 13.9. The summed E-state index contributed by atoms with van der Waals surface area (Å²) in [4.78, 5) is 0. The van der Waals surface area contributed by atoms with Crippen LogP contribution >= 0.6 is 11.8 Å². The fourth-order valence-corrected chi connectivity index (χ4v) is 1.69. The summed E-state index contributed by atoms with van der Waals surface area (Å²) < 4.78 is 5.43. The third-order valence-electron chi connectivity index (χ3n) is 2.33. The maximum Gasteiger partial charge on any atom is 0.133 e. The van der Waals surface area contributed by atoms with Crippen molar-refractivity contribution in [2.24, 2.45) is 0 Å². The van der Waals surface area contributed by atoms with Gasteiger partial charge < -0.3 is 9.84 Å². The smallest absolute Gasteiger partial charge is 0.133 e. The molecular weight excluding hydrogens is 234 g/mol. The third kappa shape index (κ3) is 5.12. The molecule has 1 aromatic rings. The molecular formula is C13H17NO2S. The second kappa shape index (κ2) is 7.21. The first-order valence-corrected chi connectivity index (χ1v) is 6.53. The van der Waals surface area contributed by atoms with Crippen LogP contribution in [0, 0.1) is 10.7 Å². The number of aliphatic hydroxyl groups excluding tert-OH is 1. The zero-order chi connectivity index (χ0) is 12.7. The fourth-order valence-electron chi connectivity index (χ4n) is 1.32. The van der Waals surface area contributed by atoms with E-state index >= 15 is 0 Å². The summed E-state index contributed by atoms with van der Waals surface area (Å²) in [5.74, 6) is 1.62. The Labute approximate surface area is 106 Å². The van der Waals surface area contributed by atoms with Crippen molar-refractivity contribution in [2.45, 2.75) is 25.9 Å². The molecule has 4 heteroatoms. The van der Waals surface area contributed by atoms with Gasteiger partial charge in [-0.25, -0.2) is 0 Å². The Bertz CT molecular complexity index is 370. The number of benzene rings is 1. The van der Waals surface area contributed by atoms with Crippen LogP contribution in [-0.2, 0) is 0 Å². The summed E-state index contributed by atoms with van der Waals surface area (Å²) >= 11 is 1.03. The van der Waals surface area contributed by atoms with E-state index in [9.17, 15) is 5.11 Å². The monoisotopic (exact) mass is 251 g/mol. The Kier molecular flexibility index (Phi) is 5.88. The predicted molar refractivity (Wildman–Crippen MR) is 70.1 cm³/mol. The predicted octanol–water partition coefficient (Wildman–Crippen LogP) is 2.76. The number of hydrogen-bond acceptors (Lipinski definition) is 4. The van der Waals surface area contributed by atoms with Crippen molar-refractivity contribution in [1.82, 2.24) is 0 Å². The molecule has 3 nitrogen and oxygen atoms in total. The molecule has 1 atom stereocenters. The number of thiocyanates is 1. The van der Waals surface area contributed by atoms with Gasteiger partial charge in [0.1, 0.15) is 17.8 Å². The lowest BCUT2D eigenvalue weighted by Crippen LogP contribution is -2.19. The van der Waals surface area contributed by atoms with Crippen molar-refractivity contribution in [3.63, 3.8) is 0 Å². The van der Waals surface area contributed by atoms with Gasteiger partial charge >= 0.3 is 0 Å². The number of hydrogen-bond donors (Lipinski definition) is 1. The summed E-state index contributed by atoms with van der Waals surface area (Å²) in [6, 6.07) is 7.85. The second-order valence-corrected chi connectivity index (χ2v) is 4.90. The van der Waals surface area contributed by atoms with Gasteiger partial charge in [0.2, 0.25) is 0 Å². The van der Waals surface area contributed by atoms with Crippen molar-refractivity contribution in [2.75, 3.05) is 12.4 Å². The normalized spacial score (nSPS) is 12.2. The summed E-state index contributed by atoms with van der Waals surface area (Å²) in [6.45, 7) is 4.49. The second-order valence-electron chi connectivity index (χ2n) is 4.09. The molecule has 0 saturated heterocycles. The van der Waals surface area contributed by atoms with Gasteiger partial charge in [-0.1, -0.05) is 26.0 Å². The molecule has 0 heterocycles. The first-order valence-electron chi connectivity index (χ1n) is 5.55. The van der Waals surface area contributed by atoms with E-state index in [1.54, 1.807) is 0 Å². The van der Waals surface area contributed by atoms with Crippen molar-refractivity contribution in [1.29, 1.82) is 5.26 Å². The molecule has 0 bridgehead atoms. The molecule has 0 radical (unpaired) electrons. The lowest BCUT2D eigenvalue weighted by atomic mass is 10.0. The molecule has 17 heavy (non-hydrogen) atoms. The van der Waals surface area contributed by atoms with E-state index in [1.807, 2.05) is 29.7 Å². The molecule has 0 aliphatic rings. The Hall–Kier alpha value is -1.18. The van der Waals surface area contributed by atoms with Crippen LogP contribution in [0.2, 0.25) is 0 Å². The standard InChI is InChI=1S/C13H17NO2S/c1-10(2)11-3-5-13(6-4-11)16-7-12(15)8-17-9-14/h3-6,10,12,15H,7-8H2,1-2H3. The number of ether oxygens (including phenoxy) is 1. The minimum atomic E-state index is -0.607. The maximum absolute atomic E-state index is 9.49. The fraction of sp³-hybridized carbons (Fsp3) is 0.462. The highest BCUT2D eigenvalue weighted by molar-refractivity contribution is 8.03. The van der Waals surface area contributed by atoms with Crippen LogP contribution in [0.5, 0.6) is 5.75 Å². The Morgan fingerprint density at radius 2 is 2.00 bits per heavy atom. The summed E-state index contributed by atoms with van der Waals surface area (Å²) in [5, 5.41) is 19.7. The summed E-state index contributed by atoms with van der Waals surface area (Å²) in [7, 11) is 0. The molecule has 92 valence electrons. The van der Waals surface area contributed by atoms with E-state index in [1.165, 1.54) is 5.56 Å². The molecule has 1 aromatic carbocycles. The van der Waals surface area contributed by atoms with E-state index in [0.29, 0.717) is 11.7 Å². The lowest BCUT2D eigenvalue weighted by Gasteiger charge is -2.11. The number of nitriles is 1. The van der Waals surface area contributed by atoms with Crippen LogP contribution in [-0.4, -0.2) is 23.6 Å². The van der Waals surface area contributed by atoms with Gasteiger partial charge in [0.25, 0.3) is 0 Å². The van der Waals surface area contributed by atoms with Gasteiger partial charge in [-0.05, 0) is 35.4 Å². The quantitative estimate of drug-likeness (QED) is 0.790. The van der Waals surface area contributed by atoms with Crippen LogP contribution in [0.15, 0.2) is 24.3 Å². The van der Waals surface area contributed by atoms with E-state index in [4.69, 9.17) is 10.00 Å². The Balaban J connectivity index is 2.39. The molecule has 0 spiro atoms. The van der Waals surface area contributed by atoms with Gasteiger partial charge in [0.05, 0.1) is 6.10 Å². The van der Waals surface area contributed by atoms with Gasteiger partial charge in [0.15, 0.2) is 0 Å². The van der Waals surface area contributed by atoms with Crippen molar-refractivity contribution < 1.29 is 9.84 Å². The van der Waals surface area contributed by atoms with Gasteiger partial charge in [-0.15, -0.1) is 0 Å². The molecule has 0 aliphatic heterocycles. The zero-order valence-electron chi connectivity index (χ0n) is 10.1. The van der Waals surface area contributed by atoms with Crippen molar-refractivity contribution >= 4 is 11.8 Å². The van der Waals surface area contributed by atoms with Crippen LogP contribution in [0.4, 0.5) is 0 Å². The minimum Gasteiger partial charge on any atom is -0.491 e. The van der Waals surface area contributed by atoms with E-state index in [0.717, 1.165) is 17.5 Å². The zero-order valence-corrected chi connectivity index (χ0v) is 10.9. The number of nitrogens with zero attached hydrogens (tertiary/aromatic N) is 1. The maximum atomic E-state index is 9.49. The topological polar surface area (TPSA) is 53.2 Å². The first-order chi connectivity index (χ1) is 8.13. The van der Waals surface area contributed by atoms with Crippen molar-refractivity contribution in [3.05, 3.63) is 29.8 Å². The molecule has 1 unspecified atom stereocenters. The van der Waals surface area contributed by atoms with E-state index < -0.39 is 6.10 Å². The van der Waals surface area contributed by atoms with Crippen molar-refractivity contribution in [3.8, 4) is 11.2 Å². The molecule has 0 fully saturated rings. The van der Waals surface area contributed by atoms with E-state index in [-0.39, 0.29) is 6.61 Å². The Morgan fingerprint density at radius 1 is 1.35 bits per heavy atom. The number of rotatable bonds is 6. The van der Waals surface area contributed by atoms with Crippen LogP contribution in [0.1, 0.15) is 25.3 Å². The number of thioether (sulfide) groups is 1. The van der Waals surface area contributed by atoms with Gasteiger partial charge in [0, 0.05) is 5.75 Å². The molecule has 1 N–H and O–H groups in total. The summed E-state index contributed by atoms with van der Waals surface area (Å²) in [6.07, 6.45) is -0.607. The average molecular weight is 251 g/mol. The van der Waals surface area contributed by atoms with E-state index in [2.05, 4.69) is 13.8 Å². The van der Waals surface area contributed by atoms with Crippen LogP contribution in [0.25, 0.3) is 0 Å². The van der Waals surface area contributed by atoms with Gasteiger partial charge in [-0.3, -0.25) is 0 Å². The molecule has 0 aliphatic carbocycles. The molecule has 0 saturated carbocycles. The highest BCUT2D eigenvalue weighted by atomic mass is 32.2.